The summed E-state index contributed by atoms with van der Waals surface area (Å²) in [6.45, 7) is 1.96. The number of amides is 1. The molecule has 1 amide bonds. The lowest BCUT2D eigenvalue weighted by atomic mass is 9.81. The van der Waals surface area contributed by atoms with Crippen molar-refractivity contribution in [3.05, 3.63) is 27.8 Å². The van der Waals surface area contributed by atoms with Crippen LogP contribution in [0, 0.1) is 12.8 Å². The first kappa shape index (κ1) is 13.9. The molecule has 2 aliphatic rings. The normalized spacial score (nSPS) is 20.6. The van der Waals surface area contributed by atoms with Crippen molar-refractivity contribution in [2.75, 3.05) is 5.32 Å². The van der Waals surface area contributed by atoms with Gasteiger partial charge in [-0.2, -0.15) is 0 Å². The minimum absolute atomic E-state index is 0.0116. The molecule has 0 bridgehead atoms. The fraction of sp³-hybridized carbons (Fsp3) is 0.562. The van der Waals surface area contributed by atoms with Crippen LogP contribution in [0.3, 0.4) is 0 Å². The number of anilines is 1. The number of fused-ring (bicyclic) bond motifs is 1. The van der Waals surface area contributed by atoms with Gasteiger partial charge in [-0.25, -0.2) is 0 Å². The number of halogens is 1. The Morgan fingerprint density at radius 2 is 2.05 bits per heavy atom. The van der Waals surface area contributed by atoms with Gasteiger partial charge in [-0.3, -0.25) is 4.79 Å². The number of nitrogens with two attached hydrogens (primary N) is 1. The fourth-order valence-electron chi connectivity index (χ4n) is 3.55. The van der Waals surface area contributed by atoms with E-state index < -0.39 is 0 Å². The number of nitrogens with one attached hydrogen (secondary N) is 1. The van der Waals surface area contributed by atoms with Gasteiger partial charge in [0.1, 0.15) is 0 Å². The summed E-state index contributed by atoms with van der Waals surface area (Å²) in [6, 6.07) is 2.03. The van der Waals surface area contributed by atoms with Gasteiger partial charge in [-0.05, 0) is 42.4 Å². The highest BCUT2D eigenvalue weighted by Gasteiger charge is 2.28. The summed E-state index contributed by atoms with van der Waals surface area (Å²) in [5, 5.41) is 3.61. The highest BCUT2D eigenvalue weighted by atomic mass is 35.5. The van der Waals surface area contributed by atoms with Crippen LogP contribution in [0.5, 0.6) is 0 Å². The van der Waals surface area contributed by atoms with Gasteiger partial charge < -0.3 is 11.1 Å². The third-order valence-corrected chi connectivity index (χ3v) is 5.24. The first-order valence-electron chi connectivity index (χ1n) is 7.45. The van der Waals surface area contributed by atoms with Gasteiger partial charge in [-0.15, -0.1) is 0 Å². The fourth-order valence-corrected chi connectivity index (χ4v) is 3.83. The van der Waals surface area contributed by atoms with E-state index >= 15 is 0 Å². The van der Waals surface area contributed by atoms with Crippen molar-refractivity contribution >= 4 is 23.2 Å². The summed E-state index contributed by atoms with van der Waals surface area (Å²) in [5.74, 6) is 0.561. The zero-order valence-electron chi connectivity index (χ0n) is 11.8. The number of hydrogen-bond donors (Lipinski definition) is 2. The van der Waals surface area contributed by atoms with E-state index in [2.05, 4.69) is 5.32 Å². The largest absolute Gasteiger partial charge is 0.325 e. The molecular formula is C16H21ClN2O. The van der Waals surface area contributed by atoms with Gasteiger partial charge in [0, 0.05) is 11.7 Å². The topological polar surface area (TPSA) is 55.1 Å². The second kappa shape index (κ2) is 5.38. The zero-order chi connectivity index (χ0) is 14.3. The van der Waals surface area contributed by atoms with E-state index in [0.29, 0.717) is 12.3 Å². The Hall–Kier alpha value is -1.06. The first-order chi connectivity index (χ1) is 9.58. The Balaban J connectivity index is 1.95. The summed E-state index contributed by atoms with van der Waals surface area (Å²) in [4.78, 5) is 11.6. The molecule has 108 valence electrons. The summed E-state index contributed by atoms with van der Waals surface area (Å²) >= 11 is 6.51. The molecule has 0 spiro atoms. The molecule has 3 rings (SSSR count). The average Bonchev–Trinajstić information content (AvgIpc) is 2.84. The van der Waals surface area contributed by atoms with Crippen molar-refractivity contribution < 1.29 is 4.79 Å². The van der Waals surface area contributed by atoms with Crippen LogP contribution >= 0.6 is 11.6 Å². The molecule has 20 heavy (non-hydrogen) atoms. The van der Waals surface area contributed by atoms with Gasteiger partial charge in [0.2, 0.25) is 5.91 Å². The molecule has 1 aromatic carbocycles. The highest BCUT2D eigenvalue weighted by Crippen LogP contribution is 2.41. The van der Waals surface area contributed by atoms with Crippen LogP contribution < -0.4 is 11.1 Å². The van der Waals surface area contributed by atoms with Crippen molar-refractivity contribution in [2.45, 2.75) is 51.5 Å². The Labute approximate surface area is 124 Å². The van der Waals surface area contributed by atoms with E-state index in [0.717, 1.165) is 27.4 Å². The van der Waals surface area contributed by atoms with Gasteiger partial charge in [0.05, 0.1) is 11.4 Å². The van der Waals surface area contributed by atoms with Gasteiger partial charge in [0.25, 0.3) is 0 Å². The molecule has 1 unspecified atom stereocenters. The van der Waals surface area contributed by atoms with Crippen LogP contribution in [-0.2, 0) is 11.2 Å². The molecule has 1 atom stereocenters. The summed E-state index contributed by atoms with van der Waals surface area (Å²) < 4.78 is 0. The van der Waals surface area contributed by atoms with Gasteiger partial charge in [-0.1, -0.05) is 36.9 Å². The summed E-state index contributed by atoms with van der Waals surface area (Å²) in [5.41, 5.74) is 10.4. The Kier molecular flexibility index (Phi) is 3.74. The van der Waals surface area contributed by atoms with Crippen molar-refractivity contribution in [3.8, 4) is 0 Å². The zero-order valence-corrected chi connectivity index (χ0v) is 12.6. The standard InChI is InChI=1S/C16H21ClN2O/c1-9-14(17)12(7-11-8-13(20)19-16(9)11)15(18)10-5-3-2-4-6-10/h7,10,15H,2-6,8,18H2,1H3,(H,19,20). The lowest BCUT2D eigenvalue weighted by Gasteiger charge is -2.29. The molecule has 0 saturated heterocycles. The van der Waals surface area contributed by atoms with E-state index in [-0.39, 0.29) is 11.9 Å². The SMILES string of the molecule is Cc1c(Cl)c(C(N)C2CCCCC2)cc2c1NC(=O)C2. The van der Waals surface area contributed by atoms with Crippen molar-refractivity contribution in [2.24, 2.45) is 11.7 Å². The molecule has 1 aromatic rings. The number of hydrogen-bond acceptors (Lipinski definition) is 2. The molecule has 4 heteroatoms. The second-order valence-electron chi connectivity index (χ2n) is 6.09. The van der Waals surface area contributed by atoms with Crippen LogP contribution in [0.4, 0.5) is 5.69 Å². The van der Waals surface area contributed by atoms with Crippen molar-refractivity contribution in [1.82, 2.24) is 0 Å². The Morgan fingerprint density at radius 3 is 2.75 bits per heavy atom. The maximum Gasteiger partial charge on any atom is 0.228 e. The Bertz CT molecular complexity index is 550. The average molecular weight is 293 g/mol. The molecule has 1 aliphatic heterocycles. The lowest BCUT2D eigenvalue weighted by molar-refractivity contribution is -0.115. The molecule has 3 nitrogen and oxygen atoms in total. The van der Waals surface area contributed by atoms with Crippen LogP contribution in [-0.4, -0.2) is 5.91 Å². The molecule has 3 N–H and O–H groups in total. The smallest absolute Gasteiger partial charge is 0.228 e. The first-order valence-corrected chi connectivity index (χ1v) is 7.83. The second-order valence-corrected chi connectivity index (χ2v) is 6.47. The maximum absolute atomic E-state index is 11.6. The number of carbonyl (C=O) groups is 1. The third-order valence-electron chi connectivity index (χ3n) is 4.74. The molecule has 1 heterocycles. The number of carbonyl (C=O) groups excluding carboxylic acids is 1. The van der Waals surface area contributed by atoms with Crippen LogP contribution in [0.1, 0.15) is 54.8 Å². The summed E-state index contributed by atoms with van der Waals surface area (Å²) in [6.07, 6.45) is 6.66. The summed E-state index contributed by atoms with van der Waals surface area (Å²) in [7, 11) is 0. The predicted molar refractivity (Wildman–Crippen MR) is 82.0 cm³/mol. The molecule has 0 radical (unpaired) electrons. The number of benzene rings is 1. The van der Waals surface area contributed by atoms with E-state index in [1.807, 2.05) is 13.0 Å². The minimum atomic E-state index is -0.0116. The van der Waals surface area contributed by atoms with Crippen LogP contribution in [0.2, 0.25) is 5.02 Å². The molecule has 1 saturated carbocycles. The van der Waals surface area contributed by atoms with Gasteiger partial charge >= 0.3 is 0 Å². The van der Waals surface area contributed by atoms with Crippen LogP contribution in [0.25, 0.3) is 0 Å². The van der Waals surface area contributed by atoms with E-state index in [4.69, 9.17) is 17.3 Å². The lowest BCUT2D eigenvalue weighted by Crippen LogP contribution is -2.24. The maximum atomic E-state index is 11.6. The Morgan fingerprint density at radius 1 is 1.35 bits per heavy atom. The van der Waals surface area contributed by atoms with E-state index in [1.165, 1.54) is 32.1 Å². The number of rotatable bonds is 2. The third kappa shape index (κ3) is 2.33. The van der Waals surface area contributed by atoms with Crippen LogP contribution in [0.15, 0.2) is 6.07 Å². The van der Waals surface area contributed by atoms with Gasteiger partial charge in [0.15, 0.2) is 0 Å². The quantitative estimate of drug-likeness (QED) is 0.873. The molecule has 1 fully saturated rings. The highest BCUT2D eigenvalue weighted by molar-refractivity contribution is 6.33. The minimum Gasteiger partial charge on any atom is -0.325 e. The van der Waals surface area contributed by atoms with Crippen molar-refractivity contribution in [1.29, 1.82) is 0 Å². The molecule has 0 aromatic heterocycles. The van der Waals surface area contributed by atoms with E-state index in [1.54, 1.807) is 0 Å². The van der Waals surface area contributed by atoms with E-state index in [9.17, 15) is 4.79 Å². The predicted octanol–water partition coefficient (Wildman–Crippen LogP) is 3.72. The molecular weight excluding hydrogens is 272 g/mol. The monoisotopic (exact) mass is 292 g/mol. The van der Waals surface area contributed by atoms with Crippen molar-refractivity contribution in [3.63, 3.8) is 0 Å². The molecule has 1 aliphatic carbocycles.